The van der Waals surface area contributed by atoms with Crippen LogP contribution in [0.5, 0.6) is 5.75 Å². The lowest BCUT2D eigenvalue weighted by Gasteiger charge is -2.03. The van der Waals surface area contributed by atoms with E-state index >= 15 is 0 Å². The van der Waals surface area contributed by atoms with E-state index in [2.05, 4.69) is 4.98 Å². The van der Waals surface area contributed by atoms with Gasteiger partial charge in [-0.3, -0.25) is 0 Å². The molecule has 1 heterocycles. The maximum Gasteiger partial charge on any atom is 0.119 e. The third-order valence-corrected chi connectivity index (χ3v) is 2.17. The molecule has 0 saturated carbocycles. The fourth-order valence-electron chi connectivity index (χ4n) is 1.34. The standard InChI is InChI=1S/C11H12N2O2/c1-15-11-4-2-10(3-5-11)13-6-9(7-14)12-8-13/h2-6,8,14H,7H2,1H3. The zero-order valence-electron chi connectivity index (χ0n) is 8.42. The number of imidazole rings is 1. The van der Waals surface area contributed by atoms with E-state index in [0.717, 1.165) is 11.4 Å². The summed E-state index contributed by atoms with van der Waals surface area (Å²) in [6.45, 7) is -0.0385. The fourth-order valence-corrected chi connectivity index (χ4v) is 1.34. The zero-order valence-corrected chi connectivity index (χ0v) is 8.42. The van der Waals surface area contributed by atoms with E-state index in [4.69, 9.17) is 9.84 Å². The molecule has 0 amide bonds. The summed E-state index contributed by atoms with van der Waals surface area (Å²) in [5.41, 5.74) is 1.65. The average Bonchev–Trinajstić information content (AvgIpc) is 2.78. The molecule has 15 heavy (non-hydrogen) atoms. The van der Waals surface area contributed by atoms with Gasteiger partial charge in [-0.25, -0.2) is 4.98 Å². The van der Waals surface area contributed by atoms with Crippen molar-refractivity contribution in [3.63, 3.8) is 0 Å². The number of aromatic nitrogens is 2. The van der Waals surface area contributed by atoms with Crippen molar-refractivity contribution in [2.75, 3.05) is 7.11 Å². The van der Waals surface area contributed by atoms with Crippen LogP contribution in [0.15, 0.2) is 36.8 Å². The summed E-state index contributed by atoms with van der Waals surface area (Å²) in [7, 11) is 1.64. The number of ether oxygens (including phenoxy) is 1. The van der Waals surface area contributed by atoms with Gasteiger partial charge < -0.3 is 14.4 Å². The molecular formula is C11H12N2O2. The van der Waals surface area contributed by atoms with Crippen molar-refractivity contribution < 1.29 is 9.84 Å². The second-order valence-corrected chi connectivity index (χ2v) is 3.13. The molecule has 0 aliphatic carbocycles. The van der Waals surface area contributed by atoms with E-state index in [0.29, 0.717) is 5.69 Å². The molecule has 0 atom stereocenters. The largest absolute Gasteiger partial charge is 0.497 e. The molecule has 0 aliphatic rings. The quantitative estimate of drug-likeness (QED) is 0.821. The van der Waals surface area contributed by atoms with E-state index in [1.54, 1.807) is 19.6 Å². The normalized spacial score (nSPS) is 10.3. The first-order valence-electron chi connectivity index (χ1n) is 4.61. The maximum absolute atomic E-state index is 8.88. The minimum Gasteiger partial charge on any atom is -0.497 e. The Bertz CT molecular complexity index is 434. The molecule has 1 aromatic carbocycles. The number of hydrogen-bond donors (Lipinski definition) is 1. The van der Waals surface area contributed by atoms with E-state index in [1.807, 2.05) is 28.8 Å². The molecule has 1 aromatic heterocycles. The van der Waals surface area contributed by atoms with Gasteiger partial charge in [-0.2, -0.15) is 0 Å². The van der Waals surface area contributed by atoms with Crippen LogP contribution in [0.4, 0.5) is 0 Å². The predicted molar refractivity (Wildman–Crippen MR) is 56.0 cm³/mol. The monoisotopic (exact) mass is 204 g/mol. The Morgan fingerprint density at radius 1 is 1.33 bits per heavy atom. The minimum absolute atomic E-state index is 0.0385. The molecule has 0 radical (unpaired) electrons. The molecule has 1 N–H and O–H groups in total. The molecule has 78 valence electrons. The van der Waals surface area contributed by atoms with Crippen LogP contribution in [0.25, 0.3) is 5.69 Å². The molecule has 0 saturated heterocycles. The first kappa shape index (κ1) is 9.73. The highest BCUT2D eigenvalue weighted by Crippen LogP contribution is 2.14. The van der Waals surface area contributed by atoms with Gasteiger partial charge in [0.25, 0.3) is 0 Å². The van der Waals surface area contributed by atoms with E-state index in [-0.39, 0.29) is 6.61 Å². The Kier molecular flexibility index (Phi) is 2.69. The van der Waals surface area contributed by atoms with Gasteiger partial charge in [0.2, 0.25) is 0 Å². The molecule has 0 fully saturated rings. The van der Waals surface area contributed by atoms with Gasteiger partial charge in [0.15, 0.2) is 0 Å². The predicted octanol–water partition coefficient (Wildman–Crippen LogP) is 1.37. The fraction of sp³-hybridized carbons (Fsp3) is 0.182. The van der Waals surface area contributed by atoms with Crippen LogP contribution in [-0.2, 0) is 6.61 Å². The Morgan fingerprint density at radius 2 is 2.07 bits per heavy atom. The second kappa shape index (κ2) is 4.14. The van der Waals surface area contributed by atoms with Crippen LogP contribution >= 0.6 is 0 Å². The van der Waals surface area contributed by atoms with Crippen molar-refractivity contribution in [2.45, 2.75) is 6.61 Å². The van der Waals surface area contributed by atoms with Crippen molar-refractivity contribution in [3.05, 3.63) is 42.5 Å². The van der Waals surface area contributed by atoms with Crippen molar-refractivity contribution >= 4 is 0 Å². The number of benzene rings is 1. The zero-order chi connectivity index (χ0) is 10.7. The number of methoxy groups -OCH3 is 1. The summed E-state index contributed by atoms with van der Waals surface area (Å²) in [4.78, 5) is 4.04. The van der Waals surface area contributed by atoms with Gasteiger partial charge >= 0.3 is 0 Å². The summed E-state index contributed by atoms with van der Waals surface area (Å²) >= 11 is 0. The van der Waals surface area contributed by atoms with E-state index in [1.165, 1.54) is 0 Å². The molecular weight excluding hydrogens is 192 g/mol. The van der Waals surface area contributed by atoms with Crippen LogP contribution in [0, 0.1) is 0 Å². The maximum atomic E-state index is 8.88. The lowest BCUT2D eigenvalue weighted by atomic mass is 10.3. The Labute approximate surface area is 87.8 Å². The topological polar surface area (TPSA) is 47.3 Å². The minimum atomic E-state index is -0.0385. The highest BCUT2D eigenvalue weighted by molar-refractivity contribution is 5.37. The Morgan fingerprint density at radius 3 is 2.60 bits per heavy atom. The Balaban J connectivity index is 2.28. The Hall–Kier alpha value is -1.81. The van der Waals surface area contributed by atoms with Gasteiger partial charge in [-0.15, -0.1) is 0 Å². The van der Waals surface area contributed by atoms with E-state index in [9.17, 15) is 0 Å². The molecule has 0 aliphatic heterocycles. The summed E-state index contributed by atoms with van der Waals surface area (Å²) in [6.07, 6.45) is 3.47. The highest BCUT2D eigenvalue weighted by atomic mass is 16.5. The molecule has 0 spiro atoms. The smallest absolute Gasteiger partial charge is 0.119 e. The molecule has 2 aromatic rings. The first-order valence-corrected chi connectivity index (χ1v) is 4.61. The van der Waals surface area contributed by atoms with Crippen molar-refractivity contribution in [2.24, 2.45) is 0 Å². The van der Waals surface area contributed by atoms with Crippen LogP contribution in [0.1, 0.15) is 5.69 Å². The van der Waals surface area contributed by atoms with Gasteiger partial charge in [-0.05, 0) is 24.3 Å². The summed E-state index contributed by atoms with van der Waals surface area (Å²) in [5.74, 6) is 0.821. The number of aliphatic hydroxyl groups is 1. The van der Waals surface area contributed by atoms with E-state index < -0.39 is 0 Å². The second-order valence-electron chi connectivity index (χ2n) is 3.13. The third kappa shape index (κ3) is 1.99. The number of hydrogen-bond acceptors (Lipinski definition) is 3. The molecule has 2 rings (SSSR count). The van der Waals surface area contributed by atoms with Gasteiger partial charge in [0, 0.05) is 11.9 Å². The molecule has 0 bridgehead atoms. The number of aliphatic hydroxyl groups excluding tert-OH is 1. The van der Waals surface area contributed by atoms with Crippen LogP contribution in [0.3, 0.4) is 0 Å². The highest BCUT2D eigenvalue weighted by Gasteiger charge is 1.99. The average molecular weight is 204 g/mol. The molecule has 4 heteroatoms. The van der Waals surface area contributed by atoms with Gasteiger partial charge in [0.1, 0.15) is 5.75 Å². The van der Waals surface area contributed by atoms with Gasteiger partial charge in [0.05, 0.1) is 25.7 Å². The third-order valence-electron chi connectivity index (χ3n) is 2.17. The SMILES string of the molecule is COc1ccc(-n2cnc(CO)c2)cc1. The number of nitrogens with zero attached hydrogens (tertiary/aromatic N) is 2. The van der Waals surface area contributed by atoms with Crippen molar-refractivity contribution in [1.29, 1.82) is 0 Å². The lowest BCUT2D eigenvalue weighted by Crippen LogP contribution is -1.90. The van der Waals surface area contributed by atoms with Gasteiger partial charge in [-0.1, -0.05) is 0 Å². The van der Waals surface area contributed by atoms with Crippen LogP contribution < -0.4 is 4.74 Å². The van der Waals surface area contributed by atoms with Crippen LogP contribution in [0.2, 0.25) is 0 Å². The molecule has 4 nitrogen and oxygen atoms in total. The van der Waals surface area contributed by atoms with Crippen molar-refractivity contribution in [1.82, 2.24) is 9.55 Å². The lowest BCUT2D eigenvalue weighted by molar-refractivity contribution is 0.277. The van der Waals surface area contributed by atoms with Crippen LogP contribution in [-0.4, -0.2) is 21.8 Å². The number of rotatable bonds is 3. The summed E-state index contributed by atoms with van der Waals surface area (Å²) < 4.78 is 6.92. The first-order chi connectivity index (χ1) is 7.33. The summed E-state index contributed by atoms with van der Waals surface area (Å²) in [6, 6.07) is 7.63. The summed E-state index contributed by atoms with van der Waals surface area (Å²) in [5, 5.41) is 8.88. The van der Waals surface area contributed by atoms with Crippen molar-refractivity contribution in [3.8, 4) is 11.4 Å². The molecule has 0 unspecified atom stereocenters.